The Morgan fingerprint density at radius 2 is 1.47 bits per heavy atom. The second-order valence-electron chi connectivity index (χ2n) is 7.01. The van der Waals surface area contributed by atoms with Crippen molar-refractivity contribution in [1.29, 1.82) is 0 Å². The van der Waals surface area contributed by atoms with Crippen molar-refractivity contribution >= 4 is 16.0 Å². The van der Waals surface area contributed by atoms with Crippen LogP contribution in [-0.4, -0.2) is 25.7 Å². The molecule has 3 aromatic carbocycles. The molecule has 0 saturated heterocycles. The monoisotopic (exact) mass is 423 g/mol. The number of benzene rings is 3. The molecule has 1 unspecified atom stereocenters. The smallest absolute Gasteiger partial charge is 0.318 e. The molecule has 0 bridgehead atoms. The van der Waals surface area contributed by atoms with E-state index in [0.717, 1.165) is 11.1 Å². The van der Waals surface area contributed by atoms with E-state index in [2.05, 4.69) is 0 Å². The van der Waals surface area contributed by atoms with E-state index in [9.17, 15) is 13.2 Å². The quantitative estimate of drug-likeness (QED) is 0.392. The summed E-state index contributed by atoms with van der Waals surface area (Å²) in [6, 6.07) is 24.8. The summed E-state index contributed by atoms with van der Waals surface area (Å²) >= 11 is 0. The van der Waals surface area contributed by atoms with Gasteiger partial charge in [0.25, 0.3) is 0 Å². The van der Waals surface area contributed by atoms with Crippen LogP contribution < -0.4 is 4.74 Å². The minimum Gasteiger partial charge on any atom is -0.426 e. The normalized spacial score (nSPS) is 12.5. The van der Waals surface area contributed by atoms with Crippen molar-refractivity contribution in [2.24, 2.45) is 0 Å². The van der Waals surface area contributed by atoms with Gasteiger partial charge in [0.1, 0.15) is 5.75 Å². The summed E-state index contributed by atoms with van der Waals surface area (Å²) in [4.78, 5) is 12.7. The molecule has 6 heteroatoms. The molecule has 30 heavy (non-hydrogen) atoms. The van der Waals surface area contributed by atoms with Gasteiger partial charge in [-0.05, 0) is 41.8 Å². The lowest BCUT2D eigenvalue weighted by atomic mass is 9.97. The number of ether oxygens (including phenoxy) is 1. The van der Waals surface area contributed by atoms with Crippen molar-refractivity contribution in [3.8, 4) is 5.75 Å². The third kappa shape index (κ3) is 5.14. The van der Waals surface area contributed by atoms with Crippen molar-refractivity contribution in [1.82, 2.24) is 4.31 Å². The van der Waals surface area contributed by atoms with Gasteiger partial charge in [0, 0.05) is 13.6 Å². The van der Waals surface area contributed by atoms with Gasteiger partial charge in [0.15, 0.2) is 0 Å². The average molecular weight is 424 g/mol. The maximum absolute atomic E-state index is 12.8. The summed E-state index contributed by atoms with van der Waals surface area (Å²) in [6.07, 6.45) is 0.611. The third-order valence-electron chi connectivity index (χ3n) is 4.89. The fourth-order valence-corrected chi connectivity index (χ4v) is 4.36. The van der Waals surface area contributed by atoms with Crippen LogP contribution in [0.15, 0.2) is 89.8 Å². The molecule has 0 amide bonds. The van der Waals surface area contributed by atoms with Gasteiger partial charge in [0.05, 0.1) is 10.8 Å². The first-order valence-electron chi connectivity index (χ1n) is 9.78. The van der Waals surface area contributed by atoms with Gasteiger partial charge in [-0.25, -0.2) is 8.42 Å². The maximum Gasteiger partial charge on any atom is 0.318 e. The topological polar surface area (TPSA) is 63.7 Å². The van der Waals surface area contributed by atoms with Gasteiger partial charge < -0.3 is 4.74 Å². The Balaban J connectivity index is 1.70. The summed E-state index contributed by atoms with van der Waals surface area (Å²) in [7, 11) is -2.11. The number of hydrogen-bond acceptors (Lipinski definition) is 4. The first kappa shape index (κ1) is 21.7. The van der Waals surface area contributed by atoms with Crippen LogP contribution in [0, 0.1) is 0 Å². The molecule has 0 radical (unpaired) electrons. The average Bonchev–Trinajstić information content (AvgIpc) is 2.76. The highest BCUT2D eigenvalue weighted by Crippen LogP contribution is 2.24. The molecule has 0 saturated carbocycles. The molecule has 3 aromatic rings. The molecular formula is C24H25NO4S. The van der Waals surface area contributed by atoms with Gasteiger partial charge in [-0.15, -0.1) is 0 Å². The van der Waals surface area contributed by atoms with Crippen molar-refractivity contribution < 1.29 is 17.9 Å². The molecule has 0 N–H and O–H groups in total. The zero-order valence-electron chi connectivity index (χ0n) is 17.1. The molecule has 0 spiro atoms. The molecule has 0 aromatic heterocycles. The molecule has 1 atom stereocenters. The first-order chi connectivity index (χ1) is 14.4. The van der Waals surface area contributed by atoms with E-state index in [1.54, 1.807) is 7.05 Å². The minimum atomic E-state index is -3.65. The number of sulfonamides is 1. The molecular weight excluding hydrogens is 398 g/mol. The summed E-state index contributed by atoms with van der Waals surface area (Å²) in [5, 5.41) is 0. The largest absolute Gasteiger partial charge is 0.426 e. The number of esters is 1. The van der Waals surface area contributed by atoms with Crippen LogP contribution in [0.25, 0.3) is 0 Å². The zero-order chi connectivity index (χ0) is 21.6. The van der Waals surface area contributed by atoms with E-state index in [1.807, 2.05) is 67.6 Å². The highest BCUT2D eigenvalue weighted by molar-refractivity contribution is 7.89. The summed E-state index contributed by atoms with van der Waals surface area (Å²) in [6.45, 7) is 2.20. The molecule has 5 nitrogen and oxygen atoms in total. The lowest BCUT2D eigenvalue weighted by Gasteiger charge is -2.18. The predicted octanol–water partition coefficient (Wildman–Crippen LogP) is 4.61. The van der Waals surface area contributed by atoms with E-state index >= 15 is 0 Å². The predicted molar refractivity (Wildman–Crippen MR) is 117 cm³/mol. The van der Waals surface area contributed by atoms with Crippen LogP contribution >= 0.6 is 0 Å². The van der Waals surface area contributed by atoms with Gasteiger partial charge in [0.2, 0.25) is 10.0 Å². The van der Waals surface area contributed by atoms with Gasteiger partial charge in [-0.3, -0.25) is 4.79 Å². The molecule has 0 fully saturated rings. The first-order valence-corrected chi connectivity index (χ1v) is 11.2. The lowest BCUT2D eigenvalue weighted by Crippen LogP contribution is -2.26. The fourth-order valence-electron chi connectivity index (χ4n) is 3.20. The Morgan fingerprint density at radius 3 is 2.03 bits per heavy atom. The van der Waals surface area contributed by atoms with Crippen LogP contribution in [0.1, 0.15) is 30.4 Å². The molecule has 0 aliphatic heterocycles. The number of rotatable bonds is 8. The molecule has 156 valence electrons. The van der Waals surface area contributed by atoms with Crippen LogP contribution in [0.3, 0.4) is 0 Å². The van der Waals surface area contributed by atoms with Crippen LogP contribution in [0.2, 0.25) is 0 Å². The molecule has 0 aliphatic rings. The number of nitrogens with zero attached hydrogens (tertiary/aromatic N) is 1. The van der Waals surface area contributed by atoms with Crippen molar-refractivity contribution in [2.45, 2.75) is 30.7 Å². The van der Waals surface area contributed by atoms with E-state index < -0.39 is 10.0 Å². The van der Waals surface area contributed by atoms with Gasteiger partial charge in [-0.2, -0.15) is 4.31 Å². The Bertz CT molecular complexity index is 1070. The van der Waals surface area contributed by atoms with E-state index in [1.165, 1.54) is 28.6 Å². The lowest BCUT2D eigenvalue weighted by molar-refractivity contribution is -0.136. The van der Waals surface area contributed by atoms with Crippen molar-refractivity contribution in [3.05, 3.63) is 96.1 Å². The molecule has 0 aliphatic carbocycles. The van der Waals surface area contributed by atoms with E-state index in [0.29, 0.717) is 12.2 Å². The number of carbonyl (C=O) groups is 1. The highest BCUT2D eigenvalue weighted by Gasteiger charge is 2.23. The Hall–Kier alpha value is -2.96. The summed E-state index contributed by atoms with van der Waals surface area (Å²) < 4.78 is 32.5. The fraction of sp³-hybridized carbons (Fsp3) is 0.208. The maximum atomic E-state index is 12.8. The van der Waals surface area contributed by atoms with Gasteiger partial charge >= 0.3 is 5.97 Å². The number of carbonyl (C=O) groups excluding carboxylic acids is 1. The van der Waals surface area contributed by atoms with Crippen LogP contribution in [0.4, 0.5) is 0 Å². The molecule has 0 heterocycles. The minimum absolute atomic E-state index is 0.149. The van der Waals surface area contributed by atoms with E-state index in [-0.39, 0.29) is 23.3 Å². The third-order valence-corrected chi connectivity index (χ3v) is 6.71. The number of hydrogen-bond donors (Lipinski definition) is 0. The Labute approximate surface area is 178 Å². The Kier molecular flexibility index (Phi) is 7.03. The second-order valence-corrected chi connectivity index (χ2v) is 9.06. The SMILES string of the molecule is CCC(C(=O)Oc1ccc(S(=O)(=O)N(C)Cc2ccccc2)cc1)c1ccccc1. The highest BCUT2D eigenvalue weighted by atomic mass is 32.2. The van der Waals surface area contributed by atoms with Crippen molar-refractivity contribution in [3.63, 3.8) is 0 Å². The molecule has 3 rings (SSSR count). The second kappa shape index (κ2) is 9.69. The zero-order valence-corrected chi connectivity index (χ0v) is 17.9. The van der Waals surface area contributed by atoms with E-state index in [4.69, 9.17) is 4.74 Å². The van der Waals surface area contributed by atoms with Crippen LogP contribution in [-0.2, 0) is 21.4 Å². The summed E-state index contributed by atoms with van der Waals surface area (Å²) in [5.74, 6) is -0.411. The van der Waals surface area contributed by atoms with Crippen LogP contribution in [0.5, 0.6) is 5.75 Å². The van der Waals surface area contributed by atoms with Gasteiger partial charge in [-0.1, -0.05) is 67.6 Å². The standard InChI is InChI=1S/C24H25NO4S/c1-3-23(20-12-8-5-9-13-20)24(26)29-21-14-16-22(17-15-21)30(27,28)25(2)18-19-10-6-4-7-11-19/h4-17,23H,3,18H2,1-2H3. The Morgan fingerprint density at radius 1 is 0.900 bits per heavy atom. The van der Waals surface area contributed by atoms with Crippen molar-refractivity contribution in [2.75, 3.05) is 7.05 Å². The summed E-state index contributed by atoms with van der Waals surface area (Å²) in [5.41, 5.74) is 1.80.